The molecule has 1 aromatic rings. The molecular formula is C9H14FN3O. The second kappa shape index (κ2) is 4.15. The quantitative estimate of drug-likeness (QED) is 0.570. The molecule has 0 fully saturated rings. The molecule has 0 heterocycles. The Morgan fingerprint density at radius 1 is 1.43 bits per heavy atom. The van der Waals surface area contributed by atoms with E-state index >= 15 is 0 Å². The largest absolute Gasteiger partial charge is 0.397 e. The Balaban J connectivity index is 3.04. The molecule has 0 saturated carbocycles. The summed E-state index contributed by atoms with van der Waals surface area (Å²) in [6, 6.07) is 3.07. The van der Waals surface area contributed by atoms with Crippen LogP contribution < -0.4 is 16.5 Å². The van der Waals surface area contributed by atoms with E-state index in [1.807, 2.05) is 6.92 Å². The van der Waals surface area contributed by atoms with Crippen LogP contribution in [0.1, 0.15) is 6.92 Å². The van der Waals surface area contributed by atoms with Gasteiger partial charge in [-0.2, -0.15) is 0 Å². The van der Waals surface area contributed by atoms with Gasteiger partial charge in [0.2, 0.25) is 0 Å². The predicted molar refractivity (Wildman–Crippen MR) is 55.3 cm³/mol. The number of benzene rings is 1. The van der Waals surface area contributed by atoms with E-state index in [1.54, 1.807) is 13.1 Å². The Labute approximate surface area is 82.2 Å². The minimum atomic E-state index is -0.555. The van der Waals surface area contributed by atoms with Crippen LogP contribution in [0.25, 0.3) is 0 Å². The molecule has 0 aliphatic heterocycles. The summed E-state index contributed by atoms with van der Waals surface area (Å²) in [5, 5.41) is 1.32. The molecule has 0 aliphatic carbocycles. The molecule has 0 spiro atoms. The number of hydrogen-bond acceptors (Lipinski definition) is 4. The van der Waals surface area contributed by atoms with E-state index in [9.17, 15) is 4.39 Å². The van der Waals surface area contributed by atoms with Crippen molar-refractivity contribution in [3.05, 3.63) is 17.9 Å². The molecule has 4 nitrogen and oxygen atoms in total. The molecule has 5 heteroatoms. The third kappa shape index (κ3) is 1.88. The van der Waals surface area contributed by atoms with Crippen LogP contribution in [0.15, 0.2) is 12.1 Å². The highest BCUT2D eigenvalue weighted by Gasteiger charge is 2.12. The fourth-order valence-corrected chi connectivity index (χ4v) is 1.10. The first kappa shape index (κ1) is 10.6. The zero-order chi connectivity index (χ0) is 10.7. The van der Waals surface area contributed by atoms with Gasteiger partial charge in [-0.1, -0.05) is 0 Å². The van der Waals surface area contributed by atoms with Crippen molar-refractivity contribution in [3.8, 4) is 0 Å². The van der Waals surface area contributed by atoms with Gasteiger partial charge in [0.15, 0.2) is 5.82 Å². The molecule has 14 heavy (non-hydrogen) atoms. The molecule has 0 atom stereocenters. The first-order chi connectivity index (χ1) is 6.57. The van der Waals surface area contributed by atoms with Crippen LogP contribution >= 0.6 is 0 Å². The van der Waals surface area contributed by atoms with Gasteiger partial charge in [-0.25, -0.2) is 4.39 Å². The van der Waals surface area contributed by atoms with E-state index in [-0.39, 0.29) is 17.1 Å². The highest BCUT2D eigenvalue weighted by atomic mass is 19.1. The lowest BCUT2D eigenvalue weighted by molar-refractivity contribution is 0.133. The second-order valence-corrected chi connectivity index (χ2v) is 2.82. The number of anilines is 3. The Morgan fingerprint density at radius 3 is 2.64 bits per heavy atom. The standard InChI is InChI=1S/C9H14FN3O/c1-3-14-13(2)7-5-4-6(11)9(12)8(7)10/h4-5H,3,11-12H2,1-2H3. The maximum atomic E-state index is 13.5. The maximum Gasteiger partial charge on any atom is 0.173 e. The highest BCUT2D eigenvalue weighted by Crippen LogP contribution is 2.27. The minimum absolute atomic E-state index is 0.0472. The Kier molecular flexibility index (Phi) is 3.14. The lowest BCUT2D eigenvalue weighted by atomic mass is 10.2. The number of nitrogens with zero attached hydrogens (tertiary/aromatic N) is 1. The number of hydroxylamine groups is 1. The van der Waals surface area contributed by atoms with E-state index in [1.165, 1.54) is 11.1 Å². The number of nitrogens with two attached hydrogens (primary N) is 2. The lowest BCUT2D eigenvalue weighted by Crippen LogP contribution is -2.19. The van der Waals surface area contributed by atoms with Crippen LogP contribution in [0, 0.1) is 5.82 Å². The number of hydrogen-bond donors (Lipinski definition) is 2. The van der Waals surface area contributed by atoms with E-state index in [0.29, 0.717) is 6.61 Å². The van der Waals surface area contributed by atoms with Crippen molar-refractivity contribution >= 4 is 17.1 Å². The Morgan fingerprint density at radius 2 is 2.07 bits per heavy atom. The first-order valence-corrected chi connectivity index (χ1v) is 4.28. The molecule has 78 valence electrons. The van der Waals surface area contributed by atoms with E-state index < -0.39 is 5.82 Å². The number of nitrogen functional groups attached to an aromatic ring is 2. The fourth-order valence-electron chi connectivity index (χ4n) is 1.10. The molecule has 1 rings (SSSR count). The molecule has 0 saturated heterocycles. The molecule has 1 aromatic carbocycles. The molecule has 4 N–H and O–H groups in total. The van der Waals surface area contributed by atoms with Gasteiger partial charge in [0.1, 0.15) is 5.69 Å². The molecule has 0 radical (unpaired) electrons. The van der Waals surface area contributed by atoms with Gasteiger partial charge in [0, 0.05) is 7.05 Å². The number of rotatable bonds is 3. The monoisotopic (exact) mass is 199 g/mol. The summed E-state index contributed by atoms with van der Waals surface area (Å²) in [6.07, 6.45) is 0. The Hall–Kier alpha value is -1.49. The van der Waals surface area contributed by atoms with Crippen LogP contribution in [0.3, 0.4) is 0 Å². The van der Waals surface area contributed by atoms with Crippen LogP contribution in [0.2, 0.25) is 0 Å². The average molecular weight is 199 g/mol. The summed E-state index contributed by atoms with van der Waals surface area (Å²) in [6.45, 7) is 2.27. The predicted octanol–water partition coefficient (Wildman–Crippen LogP) is 1.38. The third-order valence-electron chi connectivity index (χ3n) is 1.86. The van der Waals surface area contributed by atoms with Crippen LogP contribution in [-0.2, 0) is 4.84 Å². The Bertz CT molecular complexity index is 330. The second-order valence-electron chi connectivity index (χ2n) is 2.82. The van der Waals surface area contributed by atoms with Crippen molar-refractivity contribution < 1.29 is 9.23 Å². The molecule has 0 unspecified atom stereocenters. The van der Waals surface area contributed by atoms with E-state index in [0.717, 1.165) is 0 Å². The zero-order valence-corrected chi connectivity index (χ0v) is 8.25. The van der Waals surface area contributed by atoms with Crippen molar-refractivity contribution in [2.75, 3.05) is 30.2 Å². The fraction of sp³-hybridized carbons (Fsp3) is 0.333. The normalized spacial score (nSPS) is 10.2. The zero-order valence-electron chi connectivity index (χ0n) is 8.25. The minimum Gasteiger partial charge on any atom is -0.397 e. The molecule has 0 aliphatic rings. The van der Waals surface area contributed by atoms with Gasteiger partial charge in [-0.3, -0.25) is 9.90 Å². The van der Waals surface area contributed by atoms with Gasteiger partial charge < -0.3 is 11.5 Å². The van der Waals surface area contributed by atoms with Crippen molar-refractivity contribution in [3.63, 3.8) is 0 Å². The highest BCUT2D eigenvalue weighted by molar-refractivity contribution is 5.70. The summed E-state index contributed by atoms with van der Waals surface area (Å²) in [4.78, 5) is 5.10. The summed E-state index contributed by atoms with van der Waals surface area (Å²) in [5.41, 5.74) is 11.3. The van der Waals surface area contributed by atoms with E-state index in [2.05, 4.69) is 0 Å². The molecule has 0 amide bonds. The van der Waals surface area contributed by atoms with Crippen LogP contribution in [0.5, 0.6) is 0 Å². The van der Waals surface area contributed by atoms with Gasteiger partial charge in [-0.05, 0) is 19.1 Å². The number of halogens is 1. The molecular weight excluding hydrogens is 185 g/mol. The van der Waals surface area contributed by atoms with Crippen LogP contribution in [-0.4, -0.2) is 13.7 Å². The van der Waals surface area contributed by atoms with Crippen molar-refractivity contribution in [2.24, 2.45) is 0 Å². The van der Waals surface area contributed by atoms with Crippen molar-refractivity contribution in [2.45, 2.75) is 6.92 Å². The van der Waals surface area contributed by atoms with Crippen LogP contribution in [0.4, 0.5) is 21.5 Å². The summed E-state index contributed by atoms with van der Waals surface area (Å²) < 4.78 is 13.5. The van der Waals surface area contributed by atoms with Crippen molar-refractivity contribution in [1.29, 1.82) is 0 Å². The maximum absolute atomic E-state index is 13.5. The SMILES string of the molecule is CCON(C)c1ccc(N)c(N)c1F. The summed E-state index contributed by atoms with van der Waals surface area (Å²) >= 11 is 0. The van der Waals surface area contributed by atoms with Crippen molar-refractivity contribution in [1.82, 2.24) is 0 Å². The topological polar surface area (TPSA) is 64.5 Å². The molecule has 0 aromatic heterocycles. The average Bonchev–Trinajstić information content (AvgIpc) is 2.15. The smallest absolute Gasteiger partial charge is 0.173 e. The van der Waals surface area contributed by atoms with E-state index in [4.69, 9.17) is 16.3 Å². The summed E-state index contributed by atoms with van der Waals surface area (Å²) in [5.74, 6) is -0.555. The summed E-state index contributed by atoms with van der Waals surface area (Å²) in [7, 11) is 1.61. The van der Waals surface area contributed by atoms with Gasteiger partial charge in [0.05, 0.1) is 18.0 Å². The molecule has 0 bridgehead atoms. The first-order valence-electron chi connectivity index (χ1n) is 4.28. The van der Waals surface area contributed by atoms with Gasteiger partial charge in [0.25, 0.3) is 0 Å². The third-order valence-corrected chi connectivity index (χ3v) is 1.86. The van der Waals surface area contributed by atoms with Gasteiger partial charge >= 0.3 is 0 Å². The lowest BCUT2D eigenvalue weighted by Gasteiger charge is -2.19. The van der Waals surface area contributed by atoms with Gasteiger partial charge in [-0.15, -0.1) is 0 Å².